The lowest BCUT2D eigenvalue weighted by atomic mass is 9.99. The lowest BCUT2D eigenvalue weighted by molar-refractivity contribution is -0.138. The van der Waals surface area contributed by atoms with Gasteiger partial charge in [0.05, 0.1) is 13.2 Å². The van der Waals surface area contributed by atoms with Crippen LogP contribution in [-0.4, -0.2) is 42.2 Å². The molecule has 1 aromatic rings. The average molecular weight is 291 g/mol. The molecule has 1 aromatic carbocycles. The van der Waals surface area contributed by atoms with Gasteiger partial charge in [0.2, 0.25) is 0 Å². The van der Waals surface area contributed by atoms with Gasteiger partial charge < -0.3 is 9.84 Å². The van der Waals surface area contributed by atoms with Crippen molar-refractivity contribution in [2.45, 2.75) is 32.6 Å². The van der Waals surface area contributed by atoms with Gasteiger partial charge in [-0.05, 0) is 43.0 Å². The standard InChI is InChI=1S/C17H25NO3/c1-13(2)15-6-3-7-16(9-15)21-12-14-5-4-8-18(10-14)11-17(19)20/h3,6-7,9,13-14H,4-5,8,10-12H2,1-2H3,(H,19,20). The highest BCUT2D eigenvalue weighted by molar-refractivity contribution is 5.69. The summed E-state index contributed by atoms with van der Waals surface area (Å²) in [6.45, 7) is 6.84. The number of benzene rings is 1. The maximum atomic E-state index is 10.8. The van der Waals surface area contributed by atoms with Gasteiger partial charge in [-0.25, -0.2) is 0 Å². The van der Waals surface area contributed by atoms with Crippen molar-refractivity contribution in [1.29, 1.82) is 0 Å². The van der Waals surface area contributed by atoms with Gasteiger partial charge in [0.25, 0.3) is 0 Å². The summed E-state index contributed by atoms with van der Waals surface area (Å²) in [5.41, 5.74) is 1.28. The molecule has 2 rings (SSSR count). The summed E-state index contributed by atoms with van der Waals surface area (Å²) >= 11 is 0. The van der Waals surface area contributed by atoms with Gasteiger partial charge in [0, 0.05) is 12.5 Å². The molecule has 1 heterocycles. The van der Waals surface area contributed by atoms with Gasteiger partial charge in [-0.3, -0.25) is 9.69 Å². The summed E-state index contributed by atoms with van der Waals surface area (Å²) < 4.78 is 5.92. The predicted molar refractivity (Wildman–Crippen MR) is 82.8 cm³/mol. The Morgan fingerprint density at radius 3 is 3.00 bits per heavy atom. The third-order valence-electron chi connectivity index (χ3n) is 3.97. The zero-order valence-electron chi connectivity index (χ0n) is 12.9. The summed E-state index contributed by atoms with van der Waals surface area (Å²) in [6, 6.07) is 8.24. The molecule has 116 valence electrons. The van der Waals surface area contributed by atoms with E-state index in [1.54, 1.807) is 0 Å². The van der Waals surface area contributed by atoms with E-state index in [4.69, 9.17) is 9.84 Å². The van der Waals surface area contributed by atoms with Crippen molar-refractivity contribution in [2.75, 3.05) is 26.2 Å². The molecule has 0 amide bonds. The number of carboxylic acids is 1. The quantitative estimate of drug-likeness (QED) is 0.875. The number of nitrogens with zero attached hydrogens (tertiary/aromatic N) is 1. The van der Waals surface area contributed by atoms with E-state index in [9.17, 15) is 4.79 Å². The highest BCUT2D eigenvalue weighted by atomic mass is 16.5. The Morgan fingerprint density at radius 1 is 1.48 bits per heavy atom. The van der Waals surface area contributed by atoms with E-state index in [1.807, 2.05) is 17.0 Å². The minimum Gasteiger partial charge on any atom is -0.493 e. The topological polar surface area (TPSA) is 49.8 Å². The number of carbonyl (C=O) groups is 1. The first-order valence-electron chi connectivity index (χ1n) is 7.71. The lowest BCUT2D eigenvalue weighted by Gasteiger charge is -2.31. The molecule has 1 aliphatic heterocycles. The smallest absolute Gasteiger partial charge is 0.317 e. The molecular weight excluding hydrogens is 266 g/mol. The van der Waals surface area contributed by atoms with Crippen LogP contribution in [0.4, 0.5) is 0 Å². The fraction of sp³-hybridized carbons (Fsp3) is 0.588. The molecule has 4 heteroatoms. The highest BCUT2D eigenvalue weighted by Crippen LogP contribution is 2.22. The van der Waals surface area contributed by atoms with E-state index in [0.29, 0.717) is 18.4 Å². The molecular formula is C17H25NO3. The molecule has 1 saturated heterocycles. The summed E-state index contributed by atoms with van der Waals surface area (Å²) in [4.78, 5) is 12.8. The highest BCUT2D eigenvalue weighted by Gasteiger charge is 2.21. The Hall–Kier alpha value is -1.55. The Bertz CT molecular complexity index is 473. The van der Waals surface area contributed by atoms with E-state index in [0.717, 1.165) is 31.7 Å². The number of piperidine rings is 1. The van der Waals surface area contributed by atoms with Gasteiger partial charge in [-0.1, -0.05) is 26.0 Å². The van der Waals surface area contributed by atoms with E-state index < -0.39 is 5.97 Å². The number of carboxylic acid groups (broad SMARTS) is 1. The van der Waals surface area contributed by atoms with Crippen LogP contribution in [0, 0.1) is 5.92 Å². The summed E-state index contributed by atoms with van der Waals surface area (Å²) in [7, 11) is 0. The van der Waals surface area contributed by atoms with Gasteiger partial charge in [0.15, 0.2) is 0 Å². The predicted octanol–water partition coefficient (Wildman–Crippen LogP) is 2.99. The van der Waals surface area contributed by atoms with E-state index >= 15 is 0 Å². The van der Waals surface area contributed by atoms with Crippen LogP contribution >= 0.6 is 0 Å². The Labute approximate surface area is 126 Å². The van der Waals surface area contributed by atoms with Crippen LogP contribution < -0.4 is 4.74 Å². The zero-order chi connectivity index (χ0) is 15.2. The number of ether oxygens (including phenoxy) is 1. The zero-order valence-corrected chi connectivity index (χ0v) is 12.9. The van der Waals surface area contributed by atoms with Crippen LogP contribution in [0.2, 0.25) is 0 Å². The second-order valence-electron chi connectivity index (χ2n) is 6.18. The molecule has 1 N–H and O–H groups in total. The molecule has 21 heavy (non-hydrogen) atoms. The minimum atomic E-state index is -0.749. The molecule has 1 atom stereocenters. The molecule has 0 spiro atoms. The first-order chi connectivity index (χ1) is 10.0. The third-order valence-corrected chi connectivity index (χ3v) is 3.97. The third kappa shape index (κ3) is 5.05. The normalized spacial score (nSPS) is 19.7. The van der Waals surface area contributed by atoms with Crippen LogP contribution in [0.3, 0.4) is 0 Å². The average Bonchev–Trinajstić information content (AvgIpc) is 2.45. The second-order valence-corrected chi connectivity index (χ2v) is 6.18. The number of likely N-dealkylation sites (tertiary alicyclic amines) is 1. The van der Waals surface area contributed by atoms with Crippen LogP contribution in [0.25, 0.3) is 0 Å². The number of rotatable bonds is 6. The number of hydrogen-bond donors (Lipinski definition) is 1. The van der Waals surface area contributed by atoms with Gasteiger partial charge in [-0.2, -0.15) is 0 Å². The maximum absolute atomic E-state index is 10.8. The molecule has 0 radical (unpaired) electrons. The molecule has 0 saturated carbocycles. The lowest BCUT2D eigenvalue weighted by Crippen LogP contribution is -2.40. The monoisotopic (exact) mass is 291 g/mol. The Balaban J connectivity index is 1.85. The van der Waals surface area contributed by atoms with Gasteiger partial charge in [-0.15, -0.1) is 0 Å². The molecule has 1 unspecified atom stereocenters. The second kappa shape index (κ2) is 7.46. The first kappa shape index (κ1) is 15.8. The van der Waals surface area contributed by atoms with Crippen molar-refractivity contribution in [3.8, 4) is 5.75 Å². The van der Waals surface area contributed by atoms with Crippen molar-refractivity contribution in [2.24, 2.45) is 5.92 Å². The van der Waals surface area contributed by atoms with Crippen LogP contribution in [0.15, 0.2) is 24.3 Å². The fourth-order valence-corrected chi connectivity index (χ4v) is 2.80. The van der Waals surface area contributed by atoms with Crippen molar-refractivity contribution >= 4 is 5.97 Å². The number of aliphatic carboxylic acids is 1. The van der Waals surface area contributed by atoms with Crippen LogP contribution in [0.1, 0.15) is 38.2 Å². The van der Waals surface area contributed by atoms with Crippen LogP contribution in [-0.2, 0) is 4.79 Å². The molecule has 0 bridgehead atoms. The summed E-state index contributed by atoms with van der Waals surface area (Å²) in [5, 5.41) is 8.87. The minimum absolute atomic E-state index is 0.138. The van der Waals surface area contributed by atoms with E-state index in [1.165, 1.54) is 5.56 Å². The molecule has 1 fully saturated rings. The molecule has 1 aliphatic rings. The fourth-order valence-electron chi connectivity index (χ4n) is 2.80. The Kier molecular flexibility index (Phi) is 5.62. The van der Waals surface area contributed by atoms with E-state index in [2.05, 4.69) is 26.0 Å². The van der Waals surface area contributed by atoms with E-state index in [-0.39, 0.29) is 6.54 Å². The van der Waals surface area contributed by atoms with Crippen molar-refractivity contribution in [3.05, 3.63) is 29.8 Å². The molecule has 0 aromatic heterocycles. The molecule has 0 aliphatic carbocycles. The van der Waals surface area contributed by atoms with Crippen molar-refractivity contribution < 1.29 is 14.6 Å². The van der Waals surface area contributed by atoms with Crippen molar-refractivity contribution in [3.63, 3.8) is 0 Å². The molecule has 4 nitrogen and oxygen atoms in total. The van der Waals surface area contributed by atoms with Gasteiger partial charge >= 0.3 is 5.97 Å². The number of hydrogen-bond acceptors (Lipinski definition) is 3. The maximum Gasteiger partial charge on any atom is 0.317 e. The largest absolute Gasteiger partial charge is 0.493 e. The summed E-state index contributed by atoms with van der Waals surface area (Å²) in [6.07, 6.45) is 2.16. The summed E-state index contributed by atoms with van der Waals surface area (Å²) in [5.74, 6) is 1.08. The van der Waals surface area contributed by atoms with Gasteiger partial charge in [0.1, 0.15) is 5.75 Å². The van der Waals surface area contributed by atoms with Crippen molar-refractivity contribution in [1.82, 2.24) is 4.90 Å². The SMILES string of the molecule is CC(C)c1cccc(OCC2CCCN(CC(=O)O)C2)c1. The van der Waals surface area contributed by atoms with Crippen LogP contribution in [0.5, 0.6) is 5.75 Å². The first-order valence-corrected chi connectivity index (χ1v) is 7.71. The Morgan fingerprint density at radius 2 is 2.29 bits per heavy atom.